The topological polar surface area (TPSA) is 38.5 Å². The lowest BCUT2D eigenvalue weighted by Gasteiger charge is -2.08. The van der Waals surface area contributed by atoms with Crippen molar-refractivity contribution in [2.75, 3.05) is 27.2 Å². The van der Waals surface area contributed by atoms with Gasteiger partial charge in [-0.05, 0) is 11.6 Å². The zero-order valence-corrected chi connectivity index (χ0v) is 11.9. The Morgan fingerprint density at radius 3 is 2.79 bits per heavy atom. The molecule has 1 heterocycles. The van der Waals surface area contributed by atoms with Crippen LogP contribution in [0.2, 0.25) is 0 Å². The van der Waals surface area contributed by atoms with Crippen molar-refractivity contribution in [3.63, 3.8) is 0 Å². The highest BCUT2D eigenvalue weighted by Crippen LogP contribution is 2.20. The van der Waals surface area contributed by atoms with E-state index in [1.165, 1.54) is 15.8 Å². The van der Waals surface area contributed by atoms with Crippen molar-refractivity contribution in [1.82, 2.24) is 9.88 Å². The number of fused-ring (bicyclic) bond motifs is 1. The molecule has 0 aliphatic heterocycles. The number of likely N-dealkylation sites (N-methyl/N-ethyl adjacent to an activating group) is 1. The van der Waals surface area contributed by atoms with Gasteiger partial charge in [-0.1, -0.05) is 18.2 Å². The summed E-state index contributed by atoms with van der Waals surface area (Å²) in [6.07, 6.45) is 2.49. The molecule has 0 aliphatic rings. The molecule has 0 saturated heterocycles. The first-order valence-corrected chi connectivity index (χ1v) is 6.66. The molecule has 1 aromatic heterocycles. The third kappa shape index (κ3) is 3.35. The summed E-state index contributed by atoms with van der Waals surface area (Å²) in [5.74, 6) is 0.0950. The van der Waals surface area contributed by atoms with Crippen molar-refractivity contribution >= 4 is 16.8 Å². The first-order chi connectivity index (χ1) is 9.08. The number of hydrogen-bond acceptors (Lipinski definition) is 1. The summed E-state index contributed by atoms with van der Waals surface area (Å²) in [7, 11) is 6.17. The van der Waals surface area contributed by atoms with Crippen LogP contribution in [0.15, 0.2) is 30.5 Å². The summed E-state index contributed by atoms with van der Waals surface area (Å²) in [4.78, 5) is 13.3. The van der Waals surface area contributed by atoms with Crippen molar-refractivity contribution in [3.05, 3.63) is 36.0 Å². The molecule has 1 aromatic carbocycles. The van der Waals surface area contributed by atoms with Gasteiger partial charge in [-0.15, -0.1) is 0 Å². The number of aryl methyl sites for hydroxylation is 1. The molecular formula is C15H22N3O+. The minimum absolute atomic E-state index is 0.0950. The van der Waals surface area contributed by atoms with Gasteiger partial charge >= 0.3 is 0 Å². The molecule has 0 saturated carbocycles. The summed E-state index contributed by atoms with van der Waals surface area (Å²) in [6.45, 7) is 1.67. The van der Waals surface area contributed by atoms with Crippen molar-refractivity contribution in [1.29, 1.82) is 0 Å². The summed E-state index contributed by atoms with van der Waals surface area (Å²) in [5.41, 5.74) is 2.26. The fraction of sp³-hybridized carbons (Fsp3) is 0.400. The van der Waals surface area contributed by atoms with Crippen LogP contribution in [0.3, 0.4) is 0 Å². The number of carbonyl (C=O) groups excluding carboxylic acids is 1. The lowest BCUT2D eigenvalue weighted by Crippen LogP contribution is -3.06. The number of amides is 1. The van der Waals surface area contributed by atoms with Crippen molar-refractivity contribution < 1.29 is 9.69 Å². The van der Waals surface area contributed by atoms with Crippen LogP contribution < -0.4 is 10.2 Å². The molecule has 0 spiro atoms. The number of para-hydroxylation sites is 1. The van der Waals surface area contributed by atoms with E-state index in [0.29, 0.717) is 6.42 Å². The Bertz CT molecular complexity index is 572. The fourth-order valence-corrected chi connectivity index (χ4v) is 2.25. The van der Waals surface area contributed by atoms with Gasteiger partial charge in [-0.3, -0.25) is 4.79 Å². The van der Waals surface area contributed by atoms with E-state index in [1.54, 1.807) is 0 Å². The minimum Gasteiger partial charge on any atom is -0.350 e. The number of benzene rings is 1. The van der Waals surface area contributed by atoms with Gasteiger partial charge in [0, 0.05) is 24.1 Å². The van der Waals surface area contributed by atoms with E-state index in [0.717, 1.165) is 18.7 Å². The largest absolute Gasteiger partial charge is 0.350 e. The quantitative estimate of drug-likeness (QED) is 0.779. The predicted octanol–water partition coefficient (Wildman–Crippen LogP) is -0.0185. The molecule has 4 nitrogen and oxygen atoms in total. The van der Waals surface area contributed by atoms with E-state index in [4.69, 9.17) is 0 Å². The molecule has 102 valence electrons. The molecule has 0 bridgehead atoms. The van der Waals surface area contributed by atoms with E-state index in [2.05, 4.69) is 36.1 Å². The third-order valence-corrected chi connectivity index (χ3v) is 3.28. The SMILES string of the molecule is Cn1cc(CC(=O)NCC[NH+](C)C)c2ccccc21. The molecule has 2 aromatic rings. The van der Waals surface area contributed by atoms with Crippen molar-refractivity contribution in [2.45, 2.75) is 6.42 Å². The second kappa shape index (κ2) is 5.89. The number of rotatable bonds is 5. The number of quaternary nitrogens is 1. The van der Waals surface area contributed by atoms with Crippen LogP contribution in [0.5, 0.6) is 0 Å². The van der Waals surface area contributed by atoms with Crippen molar-refractivity contribution in [2.24, 2.45) is 7.05 Å². The highest BCUT2D eigenvalue weighted by molar-refractivity contribution is 5.89. The van der Waals surface area contributed by atoms with Crippen LogP contribution in [0.4, 0.5) is 0 Å². The highest BCUT2D eigenvalue weighted by Gasteiger charge is 2.10. The molecule has 2 rings (SSSR count). The number of carbonyl (C=O) groups is 1. The average molecular weight is 260 g/mol. The third-order valence-electron chi connectivity index (χ3n) is 3.28. The zero-order chi connectivity index (χ0) is 13.8. The molecule has 1 amide bonds. The molecule has 0 aliphatic carbocycles. The second-order valence-electron chi connectivity index (χ2n) is 5.27. The zero-order valence-electron chi connectivity index (χ0n) is 11.9. The van der Waals surface area contributed by atoms with E-state index < -0.39 is 0 Å². The molecule has 0 fully saturated rings. The first kappa shape index (κ1) is 13.6. The predicted molar refractivity (Wildman–Crippen MR) is 77.3 cm³/mol. The molecule has 0 atom stereocenters. The Morgan fingerprint density at radius 1 is 1.32 bits per heavy atom. The number of nitrogens with one attached hydrogen (secondary N) is 2. The Kier molecular flexibility index (Phi) is 4.22. The van der Waals surface area contributed by atoms with Gasteiger partial charge < -0.3 is 14.8 Å². The Morgan fingerprint density at radius 2 is 2.05 bits per heavy atom. The van der Waals surface area contributed by atoms with Crippen LogP contribution in [-0.4, -0.2) is 37.7 Å². The number of aromatic nitrogens is 1. The molecule has 0 radical (unpaired) electrons. The van der Waals surface area contributed by atoms with Gasteiger partial charge in [0.15, 0.2) is 0 Å². The van der Waals surface area contributed by atoms with E-state index in [1.807, 2.05) is 25.4 Å². The van der Waals surface area contributed by atoms with Crippen LogP contribution >= 0.6 is 0 Å². The number of hydrogen-bond donors (Lipinski definition) is 2. The van der Waals surface area contributed by atoms with Crippen LogP contribution in [-0.2, 0) is 18.3 Å². The van der Waals surface area contributed by atoms with Crippen molar-refractivity contribution in [3.8, 4) is 0 Å². The lowest BCUT2D eigenvalue weighted by molar-refractivity contribution is -0.856. The van der Waals surface area contributed by atoms with Crippen LogP contribution in [0, 0.1) is 0 Å². The van der Waals surface area contributed by atoms with Gasteiger partial charge in [0.2, 0.25) is 5.91 Å². The van der Waals surface area contributed by atoms with Gasteiger partial charge in [-0.2, -0.15) is 0 Å². The monoisotopic (exact) mass is 260 g/mol. The Hall–Kier alpha value is -1.81. The van der Waals surface area contributed by atoms with Gasteiger partial charge in [0.05, 0.1) is 33.6 Å². The van der Waals surface area contributed by atoms with Gasteiger partial charge in [0.1, 0.15) is 0 Å². The molecular weight excluding hydrogens is 238 g/mol. The maximum Gasteiger partial charge on any atom is 0.224 e. The number of nitrogens with zero attached hydrogens (tertiary/aromatic N) is 1. The Labute approximate surface area is 114 Å². The summed E-state index contributed by atoms with van der Waals surface area (Å²) in [5, 5.41) is 4.13. The normalized spacial score (nSPS) is 11.2. The first-order valence-electron chi connectivity index (χ1n) is 6.66. The molecule has 19 heavy (non-hydrogen) atoms. The van der Waals surface area contributed by atoms with E-state index in [-0.39, 0.29) is 5.91 Å². The summed E-state index contributed by atoms with van der Waals surface area (Å²) < 4.78 is 2.07. The maximum absolute atomic E-state index is 11.9. The van der Waals surface area contributed by atoms with E-state index >= 15 is 0 Å². The summed E-state index contributed by atoms with van der Waals surface area (Å²) in [6, 6.07) is 8.18. The molecule has 2 N–H and O–H groups in total. The highest BCUT2D eigenvalue weighted by atomic mass is 16.1. The van der Waals surface area contributed by atoms with E-state index in [9.17, 15) is 4.79 Å². The molecule has 4 heteroatoms. The van der Waals surface area contributed by atoms with Gasteiger partial charge in [-0.25, -0.2) is 0 Å². The summed E-state index contributed by atoms with van der Waals surface area (Å²) >= 11 is 0. The van der Waals surface area contributed by atoms with Crippen LogP contribution in [0.1, 0.15) is 5.56 Å². The average Bonchev–Trinajstić information content (AvgIpc) is 2.66. The van der Waals surface area contributed by atoms with Crippen LogP contribution in [0.25, 0.3) is 10.9 Å². The second-order valence-corrected chi connectivity index (χ2v) is 5.27. The Balaban J connectivity index is 2.03. The maximum atomic E-state index is 11.9. The fourth-order valence-electron chi connectivity index (χ4n) is 2.25. The smallest absolute Gasteiger partial charge is 0.224 e. The minimum atomic E-state index is 0.0950. The van der Waals surface area contributed by atoms with Gasteiger partial charge in [0.25, 0.3) is 0 Å². The molecule has 0 unspecified atom stereocenters. The standard InChI is InChI=1S/C15H21N3O/c1-17(2)9-8-16-15(19)10-12-11-18(3)14-7-5-4-6-13(12)14/h4-7,11H,8-10H2,1-3H3,(H,16,19)/p+1. The lowest BCUT2D eigenvalue weighted by atomic mass is 10.1.